The van der Waals surface area contributed by atoms with Crippen LogP contribution < -0.4 is 5.32 Å². The van der Waals surface area contributed by atoms with E-state index in [-0.39, 0.29) is 5.91 Å². The second kappa shape index (κ2) is 7.69. The number of hydrogen-bond donors (Lipinski definition) is 1. The molecule has 0 radical (unpaired) electrons. The SMILES string of the molecule is O=C(NCc1ccc(Cl)cc1)c1cc(-c2ccc(Cl)s2)nc2ccccc12. The van der Waals surface area contributed by atoms with Gasteiger partial charge in [-0.2, -0.15) is 0 Å². The second-order valence-corrected chi connectivity index (χ2v) is 8.14. The Morgan fingerprint density at radius 1 is 1.00 bits per heavy atom. The molecule has 0 bridgehead atoms. The highest BCUT2D eigenvalue weighted by atomic mass is 35.5. The molecule has 2 heterocycles. The molecule has 1 N–H and O–H groups in total. The monoisotopic (exact) mass is 412 g/mol. The highest BCUT2D eigenvalue weighted by Crippen LogP contribution is 2.32. The number of nitrogens with one attached hydrogen (secondary N) is 1. The predicted octanol–water partition coefficient (Wildman–Crippen LogP) is 6.20. The van der Waals surface area contributed by atoms with Gasteiger partial charge in [0.25, 0.3) is 5.91 Å². The zero-order valence-electron chi connectivity index (χ0n) is 14.1. The van der Waals surface area contributed by atoms with Gasteiger partial charge in [0.2, 0.25) is 0 Å². The molecule has 1 amide bonds. The third-order valence-corrected chi connectivity index (χ3v) is 5.66. The van der Waals surface area contributed by atoms with E-state index in [0.717, 1.165) is 27.0 Å². The number of hydrogen-bond acceptors (Lipinski definition) is 3. The molecular weight excluding hydrogens is 399 g/mol. The molecule has 2 aromatic carbocycles. The minimum atomic E-state index is -0.146. The molecule has 0 unspecified atom stereocenters. The third kappa shape index (κ3) is 3.98. The van der Waals surface area contributed by atoms with Crippen LogP contribution in [0.3, 0.4) is 0 Å². The first-order valence-corrected chi connectivity index (χ1v) is 9.85. The van der Waals surface area contributed by atoms with Gasteiger partial charge in [-0.05, 0) is 42.0 Å². The number of nitrogens with zero attached hydrogens (tertiary/aromatic N) is 1. The minimum Gasteiger partial charge on any atom is -0.348 e. The number of pyridine rings is 1. The van der Waals surface area contributed by atoms with Crippen molar-refractivity contribution in [3.63, 3.8) is 0 Å². The van der Waals surface area contributed by atoms with E-state index >= 15 is 0 Å². The van der Waals surface area contributed by atoms with Gasteiger partial charge in [-0.15, -0.1) is 11.3 Å². The highest BCUT2D eigenvalue weighted by Gasteiger charge is 2.14. The summed E-state index contributed by atoms with van der Waals surface area (Å²) in [7, 11) is 0. The van der Waals surface area contributed by atoms with Gasteiger partial charge < -0.3 is 5.32 Å². The first-order chi connectivity index (χ1) is 13.1. The molecule has 0 saturated heterocycles. The molecule has 6 heteroatoms. The van der Waals surface area contributed by atoms with Gasteiger partial charge in [0, 0.05) is 17.0 Å². The topological polar surface area (TPSA) is 42.0 Å². The van der Waals surface area contributed by atoms with E-state index in [0.29, 0.717) is 21.5 Å². The van der Waals surface area contributed by atoms with Crippen molar-refractivity contribution in [2.45, 2.75) is 6.54 Å². The number of amides is 1. The van der Waals surface area contributed by atoms with Gasteiger partial charge in [-0.1, -0.05) is 53.5 Å². The van der Waals surface area contributed by atoms with Crippen LogP contribution in [0, 0.1) is 0 Å². The van der Waals surface area contributed by atoms with E-state index in [1.54, 1.807) is 0 Å². The summed E-state index contributed by atoms with van der Waals surface area (Å²) in [6.45, 7) is 0.423. The Bertz CT molecular complexity index is 1120. The standard InChI is InChI=1S/C21H14Cl2N2OS/c22-14-7-5-13(6-8-14)12-24-21(26)16-11-18(19-9-10-20(23)27-19)25-17-4-2-1-3-15(16)17/h1-11H,12H2,(H,24,26). The zero-order valence-corrected chi connectivity index (χ0v) is 16.4. The number of carbonyl (C=O) groups is 1. The Kier molecular flexibility index (Phi) is 5.12. The van der Waals surface area contributed by atoms with E-state index in [1.807, 2.05) is 66.7 Å². The molecule has 0 atom stereocenters. The van der Waals surface area contributed by atoms with E-state index in [4.69, 9.17) is 23.2 Å². The second-order valence-electron chi connectivity index (χ2n) is 5.99. The van der Waals surface area contributed by atoms with Gasteiger partial charge in [0.05, 0.1) is 26.0 Å². The van der Waals surface area contributed by atoms with Crippen molar-refractivity contribution in [2.75, 3.05) is 0 Å². The van der Waals surface area contributed by atoms with Crippen LogP contribution in [0.5, 0.6) is 0 Å². The minimum absolute atomic E-state index is 0.146. The van der Waals surface area contributed by atoms with Crippen molar-refractivity contribution in [1.29, 1.82) is 0 Å². The summed E-state index contributed by atoms with van der Waals surface area (Å²) in [4.78, 5) is 18.5. The lowest BCUT2D eigenvalue weighted by Gasteiger charge is -2.10. The molecule has 0 saturated carbocycles. The highest BCUT2D eigenvalue weighted by molar-refractivity contribution is 7.19. The molecule has 4 rings (SSSR count). The summed E-state index contributed by atoms with van der Waals surface area (Å²) in [5.74, 6) is -0.146. The number of rotatable bonds is 4. The molecule has 134 valence electrons. The van der Waals surface area contributed by atoms with Crippen LogP contribution in [0.25, 0.3) is 21.5 Å². The van der Waals surface area contributed by atoms with E-state index < -0.39 is 0 Å². The van der Waals surface area contributed by atoms with Gasteiger partial charge in [0.1, 0.15) is 0 Å². The molecule has 4 aromatic rings. The molecule has 27 heavy (non-hydrogen) atoms. The fourth-order valence-corrected chi connectivity index (χ4v) is 3.95. The summed E-state index contributed by atoms with van der Waals surface area (Å²) in [6, 6.07) is 20.6. The number of para-hydroxylation sites is 1. The van der Waals surface area contributed by atoms with E-state index in [9.17, 15) is 4.79 Å². The number of thiophene rings is 1. The maximum atomic E-state index is 12.9. The van der Waals surface area contributed by atoms with Gasteiger partial charge in [-0.3, -0.25) is 4.79 Å². The van der Waals surface area contributed by atoms with Crippen molar-refractivity contribution < 1.29 is 4.79 Å². The van der Waals surface area contributed by atoms with Gasteiger partial charge in [0.15, 0.2) is 0 Å². The summed E-state index contributed by atoms with van der Waals surface area (Å²) in [6.07, 6.45) is 0. The lowest BCUT2D eigenvalue weighted by molar-refractivity contribution is 0.0952. The lowest BCUT2D eigenvalue weighted by Crippen LogP contribution is -2.23. The Balaban J connectivity index is 1.68. The summed E-state index contributed by atoms with van der Waals surface area (Å²) in [5, 5.41) is 4.47. The average molecular weight is 413 g/mol. The van der Waals surface area contributed by atoms with Crippen LogP contribution in [0.15, 0.2) is 66.7 Å². The van der Waals surface area contributed by atoms with Crippen molar-refractivity contribution in [1.82, 2.24) is 10.3 Å². The first kappa shape index (κ1) is 18.0. The van der Waals surface area contributed by atoms with Crippen LogP contribution in [0.4, 0.5) is 0 Å². The largest absolute Gasteiger partial charge is 0.348 e. The zero-order chi connectivity index (χ0) is 18.8. The Hall–Kier alpha value is -2.40. The van der Waals surface area contributed by atoms with Crippen LogP contribution in [0.1, 0.15) is 15.9 Å². The summed E-state index contributed by atoms with van der Waals surface area (Å²) >= 11 is 13.4. The molecule has 0 aliphatic carbocycles. The molecule has 0 aliphatic rings. The lowest BCUT2D eigenvalue weighted by atomic mass is 10.1. The quantitative estimate of drug-likeness (QED) is 0.433. The smallest absolute Gasteiger partial charge is 0.252 e. The van der Waals surface area contributed by atoms with E-state index in [1.165, 1.54) is 11.3 Å². The fourth-order valence-electron chi connectivity index (χ4n) is 2.82. The molecule has 0 fully saturated rings. The summed E-state index contributed by atoms with van der Waals surface area (Å²) < 4.78 is 0.689. The van der Waals surface area contributed by atoms with E-state index in [2.05, 4.69) is 10.3 Å². The third-order valence-electron chi connectivity index (χ3n) is 4.15. The van der Waals surface area contributed by atoms with Crippen LogP contribution in [-0.2, 0) is 6.54 Å². The average Bonchev–Trinajstić information content (AvgIpc) is 3.13. The van der Waals surface area contributed by atoms with Crippen molar-refractivity contribution in [3.05, 3.63) is 87.2 Å². The van der Waals surface area contributed by atoms with Crippen LogP contribution in [-0.4, -0.2) is 10.9 Å². The fraction of sp³-hybridized carbons (Fsp3) is 0.0476. The first-order valence-electron chi connectivity index (χ1n) is 8.28. The maximum absolute atomic E-state index is 12.9. The number of fused-ring (bicyclic) bond motifs is 1. The predicted molar refractivity (Wildman–Crippen MR) is 113 cm³/mol. The van der Waals surface area contributed by atoms with Gasteiger partial charge >= 0.3 is 0 Å². The van der Waals surface area contributed by atoms with Crippen LogP contribution >= 0.6 is 34.5 Å². The van der Waals surface area contributed by atoms with Crippen molar-refractivity contribution in [3.8, 4) is 10.6 Å². The van der Waals surface area contributed by atoms with Crippen molar-refractivity contribution >= 4 is 51.3 Å². The number of benzene rings is 2. The van der Waals surface area contributed by atoms with Crippen LogP contribution in [0.2, 0.25) is 9.36 Å². The molecule has 2 aromatic heterocycles. The number of halogens is 2. The molecule has 0 spiro atoms. The Morgan fingerprint density at radius 3 is 2.52 bits per heavy atom. The van der Waals surface area contributed by atoms with Gasteiger partial charge in [-0.25, -0.2) is 4.98 Å². The maximum Gasteiger partial charge on any atom is 0.252 e. The summed E-state index contributed by atoms with van der Waals surface area (Å²) in [5.41, 5.74) is 3.09. The number of aromatic nitrogens is 1. The van der Waals surface area contributed by atoms with Crippen molar-refractivity contribution in [2.24, 2.45) is 0 Å². The molecule has 3 nitrogen and oxygen atoms in total. The normalized spacial score (nSPS) is 10.9. The molecule has 0 aliphatic heterocycles. The molecular formula is C21H14Cl2N2OS. The Labute approximate surface area is 170 Å². The number of carbonyl (C=O) groups excluding carboxylic acids is 1. The Morgan fingerprint density at radius 2 is 1.78 bits per heavy atom.